The molecule has 0 amide bonds. The highest BCUT2D eigenvalue weighted by Gasteiger charge is 2.44. The van der Waals surface area contributed by atoms with Crippen molar-refractivity contribution < 1.29 is 0 Å². The van der Waals surface area contributed by atoms with Gasteiger partial charge in [-0.05, 0) is 74.1 Å². The van der Waals surface area contributed by atoms with Crippen molar-refractivity contribution in [2.45, 2.75) is 37.6 Å². The first kappa shape index (κ1) is 12.4. The average Bonchev–Trinajstić information content (AvgIpc) is 2.19. The Kier molecular flexibility index (Phi) is 3.59. The van der Waals surface area contributed by atoms with E-state index in [1.54, 1.807) is 0 Å². The first-order valence-corrected chi connectivity index (χ1v) is 7.06. The van der Waals surface area contributed by atoms with Gasteiger partial charge in [0.1, 0.15) is 0 Å². The molecule has 0 bridgehead atoms. The Morgan fingerprint density at radius 1 is 1.19 bits per heavy atom. The lowest BCUT2D eigenvalue weighted by Gasteiger charge is -2.49. The highest BCUT2D eigenvalue weighted by atomic mass is 127. The van der Waals surface area contributed by atoms with Crippen molar-refractivity contribution in [3.05, 3.63) is 33.4 Å². The molecule has 1 nitrogen and oxygen atoms in total. The van der Waals surface area contributed by atoms with Gasteiger partial charge >= 0.3 is 0 Å². The molecule has 2 heteroatoms. The first-order chi connectivity index (χ1) is 7.56. The molecular formula is C14H20IN. The number of hydrogen-bond acceptors (Lipinski definition) is 1. The highest BCUT2D eigenvalue weighted by Crippen LogP contribution is 2.47. The summed E-state index contributed by atoms with van der Waals surface area (Å²) in [5.74, 6) is 0. The lowest BCUT2D eigenvalue weighted by Crippen LogP contribution is -2.50. The second-order valence-corrected chi connectivity index (χ2v) is 6.40. The SMILES string of the molecule is CC(N(C)C)C1(c2ccc(I)cc2)CCC1. The molecule has 16 heavy (non-hydrogen) atoms. The van der Waals surface area contributed by atoms with Crippen LogP contribution < -0.4 is 0 Å². The zero-order valence-electron chi connectivity index (χ0n) is 10.3. The van der Waals surface area contributed by atoms with Crippen molar-refractivity contribution in [2.24, 2.45) is 0 Å². The quantitative estimate of drug-likeness (QED) is 0.765. The molecule has 0 N–H and O–H groups in total. The van der Waals surface area contributed by atoms with Gasteiger partial charge in [0.15, 0.2) is 0 Å². The maximum absolute atomic E-state index is 2.38. The van der Waals surface area contributed by atoms with Crippen molar-refractivity contribution in [1.82, 2.24) is 4.90 Å². The van der Waals surface area contributed by atoms with E-state index in [-0.39, 0.29) is 0 Å². The van der Waals surface area contributed by atoms with Crippen LogP contribution in [0, 0.1) is 3.57 Å². The summed E-state index contributed by atoms with van der Waals surface area (Å²) in [7, 11) is 4.38. The van der Waals surface area contributed by atoms with Gasteiger partial charge in [0.2, 0.25) is 0 Å². The third-order valence-electron chi connectivity index (χ3n) is 4.24. The molecule has 2 rings (SSSR count). The number of hydrogen-bond donors (Lipinski definition) is 0. The zero-order valence-corrected chi connectivity index (χ0v) is 12.5. The van der Waals surface area contributed by atoms with Crippen molar-refractivity contribution >= 4 is 22.6 Å². The number of likely N-dealkylation sites (N-methyl/N-ethyl adjacent to an activating group) is 1. The average molecular weight is 329 g/mol. The molecule has 1 unspecified atom stereocenters. The minimum atomic E-state index is 0.411. The first-order valence-electron chi connectivity index (χ1n) is 5.99. The van der Waals surface area contributed by atoms with Gasteiger partial charge in [0.25, 0.3) is 0 Å². The summed E-state index contributed by atoms with van der Waals surface area (Å²) in [5.41, 5.74) is 1.94. The summed E-state index contributed by atoms with van der Waals surface area (Å²) < 4.78 is 1.33. The normalized spacial score (nSPS) is 20.6. The van der Waals surface area contributed by atoms with E-state index in [1.165, 1.54) is 28.4 Å². The fourth-order valence-corrected chi connectivity index (χ4v) is 3.14. The molecule has 88 valence electrons. The molecular weight excluding hydrogens is 309 g/mol. The fraction of sp³-hybridized carbons (Fsp3) is 0.571. The Morgan fingerprint density at radius 2 is 1.75 bits per heavy atom. The third-order valence-corrected chi connectivity index (χ3v) is 4.96. The topological polar surface area (TPSA) is 3.24 Å². The molecule has 1 aliphatic rings. The minimum absolute atomic E-state index is 0.411. The van der Waals surface area contributed by atoms with Gasteiger partial charge in [0.05, 0.1) is 0 Å². The zero-order chi connectivity index (χ0) is 11.8. The summed E-state index contributed by atoms with van der Waals surface area (Å²) in [6.45, 7) is 2.36. The van der Waals surface area contributed by atoms with Gasteiger partial charge in [-0.25, -0.2) is 0 Å². The molecule has 0 aliphatic heterocycles. The molecule has 1 aromatic rings. The van der Waals surface area contributed by atoms with E-state index in [2.05, 4.69) is 72.8 Å². The van der Waals surface area contributed by atoms with Crippen LogP contribution in [0.25, 0.3) is 0 Å². The molecule has 1 aromatic carbocycles. The van der Waals surface area contributed by atoms with E-state index >= 15 is 0 Å². The summed E-state index contributed by atoms with van der Waals surface area (Å²) in [6, 6.07) is 9.74. The smallest absolute Gasteiger partial charge is 0.0158 e. The number of rotatable bonds is 3. The van der Waals surface area contributed by atoms with Crippen LogP contribution in [-0.4, -0.2) is 25.0 Å². The van der Waals surface area contributed by atoms with Gasteiger partial charge in [-0.3, -0.25) is 0 Å². The molecule has 1 atom stereocenters. The van der Waals surface area contributed by atoms with Crippen molar-refractivity contribution in [3.63, 3.8) is 0 Å². The van der Waals surface area contributed by atoms with Crippen LogP contribution in [0.4, 0.5) is 0 Å². The molecule has 1 aliphatic carbocycles. The van der Waals surface area contributed by atoms with Gasteiger partial charge in [0, 0.05) is 15.0 Å². The van der Waals surface area contributed by atoms with Crippen LogP contribution in [-0.2, 0) is 5.41 Å². The fourth-order valence-electron chi connectivity index (χ4n) is 2.78. The Hall–Kier alpha value is -0.0900. The van der Waals surface area contributed by atoms with E-state index < -0.39 is 0 Å². The number of halogens is 1. The van der Waals surface area contributed by atoms with E-state index in [1.807, 2.05) is 0 Å². The van der Waals surface area contributed by atoms with Crippen LogP contribution in [0.5, 0.6) is 0 Å². The largest absolute Gasteiger partial charge is 0.306 e. The number of nitrogens with zero attached hydrogens (tertiary/aromatic N) is 1. The lowest BCUT2D eigenvalue weighted by molar-refractivity contribution is 0.109. The third kappa shape index (κ3) is 2.02. The minimum Gasteiger partial charge on any atom is -0.306 e. The Morgan fingerprint density at radius 3 is 2.12 bits per heavy atom. The Balaban J connectivity index is 2.31. The van der Waals surface area contributed by atoms with Gasteiger partial charge in [-0.15, -0.1) is 0 Å². The monoisotopic (exact) mass is 329 g/mol. The molecule has 0 heterocycles. The van der Waals surface area contributed by atoms with Crippen molar-refractivity contribution in [2.75, 3.05) is 14.1 Å². The second kappa shape index (κ2) is 4.65. The Labute approximate surface area is 112 Å². The van der Waals surface area contributed by atoms with E-state index in [4.69, 9.17) is 0 Å². The van der Waals surface area contributed by atoms with E-state index in [9.17, 15) is 0 Å². The Bertz CT molecular complexity index is 352. The van der Waals surface area contributed by atoms with Crippen molar-refractivity contribution in [1.29, 1.82) is 0 Å². The van der Waals surface area contributed by atoms with Gasteiger partial charge in [-0.1, -0.05) is 18.6 Å². The van der Waals surface area contributed by atoms with E-state index in [0.29, 0.717) is 11.5 Å². The molecule has 0 aromatic heterocycles. The second-order valence-electron chi connectivity index (χ2n) is 5.16. The molecule has 1 fully saturated rings. The molecule has 0 saturated heterocycles. The highest BCUT2D eigenvalue weighted by molar-refractivity contribution is 14.1. The summed E-state index contributed by atoms with van der Waals surface area (Å²) in [4.78, 5) is 2.36. The summed E-state index contributed by atoms with van der Waals surface area (Å²) in [5, 5.41) is 0. The van der Waals surface area contributed by atoms with Crippen molar-refractivity contribution in [3.8, 4) is 0 Å². The summed E-state index contributed by atoms with van der Waals surface area (Å²) >= 11 is 2.38. The van der Waals surface area contributed by atoms with E-state index in [0.717, 1.165) is 0 Å². The van der Waals surface area contributed by atoms with Crippen LogP contribution >= 0.6 is 22.6 Å². The maximum atomic E-state index is 2.38. The van der Waals surface area contributed by atoms with Gasteiger partial charge in [-0.2, -0.15) is 0 Å². The lowest BCUT2D eigenvalue weighted by atomic mass is 9.60. The van der Waals surface area contributed by atoms with Gasteiger partial charge < -0.3 is 4.90 Å². The molecule has 0 radical (unpaired) electrons. The number of benzene rings is 1. The molecule has 0 spiro atoms. The maximum Gasteiger partial charge on any atom is 0.0158 e. The van der Waals surface area contributed by atoms with Crippen LogP contribution in [0.1, 0.15) is 31.7 Å². The standard InChI is InChI=1S/C14H20IN/c1-11(16(2)3)14(9-4-10-14)12-5-7-13(15)8-6-12/h5-8,11H,4,9-10H2,1-3H3. The van der Waals surface area contributed by atoms with Crippen LogP contribution in [0.2, 0.25) is 0 Å². The predicted octanol–water partition coefficient (Wildman–Crippen LogP) is 3.66. The van der Waals surface area contributed by atoms with Crippen LogP contribution in [0.3, 0.4) is 0 Å². The summed E-state index contributed by atoms with van der Waals surface area (Å²) in [6.07, 6.45) is 4.06. The predicted molar refractivity (Wildman–Crippen MR) is 77.8 cm³/mol. The van der Waals surface area contributed by atoms with Crippen LogP contribution in [0.15, 0.2) is 24.3 Å². The molecule has 1 saturated carbocycles.